The van der Waals surface area contributed by atoms with Crippen molar-refractivity contribution >= 4 is 23.9 Å². The van der Waals surface area contributed by atoms with E-state index in [1.54, 1.807) is 48.5 Å². The second-order valence-corrected chi connectivity index (χ2v) is 15.1. The average molecular weight is 805 g/mol. The second kappa shape index (κ2) is 30.6. The van der Waals surface area contributed by atoms with E-state index in [0.717, 1.165) is 89.4 Å². The first-order valence-corrected chi connectivity index (χ1v) is 21.8. The molecule has 0 radical (unpaired) electrons. The van der Waals surface area contributed by atoms with Gasteiger partial charge in [-0.05, 0) is 99.9 Å². The van der Waals surface area contributed by atoms with Crippen LogP contribution in [0.15, 0.2) is 73.8 Å². The third-order valence-corrected chi connectivity index (χ3v) is 10.4. The second-order valence-electron chi connectivity index (χ2n) is 15.1. The number of carbonyl (C=O) groups excluding carboxylic acids is 4. The molecular weight excluding hydrogens is 737 g/mol. The fraction of sp³-hybridized carbons (Fsp3) is 0.583. The summed E-state index contributed by atoms with van der Waals surface area (Å²) in [5.74, 6) is -0.0173. The highest BCUT2D eigenvalue weighted by Gasteiger charge is 2.28. The SMILES string of the molecule is C=CC(=O)OCCCCCCCCCCCOc1ccc(OC(=O)c2ccc(OC(=O)C3CCC(OCCCCCCCCCCCOC(=O)C=C)CC3)cc2)cc1. The summed E-state index contributed by atoms with van der Waals surface area (Å²) in [5, 5.41) is 0. The molecule has 0 heterocycles. The van der Waals surface area contributed by atoms with Crippen LogP contribution in [0.1, 0.15) is 152 Å². The fourth-order valence-corrected chi connectivity index (χ4v) is 6.88. The van der Waals surface area contributed by atoms with Gasteiger partial charge in [0, 0.05) is 18.8 Å². The van der Waals surface area contributed by atoms with Gasteiger partial charge < -0.3 is 28.4 Å². The predicted molar refractivity (Wildman–Crippen MR) is 226 cm³/mol. The van der Waals surface area contributed by atoms with Crippen molar-refractivity contribution in [3.8, 4) is 17.2 Å². The summed E-state index contributed by atoms with van der Waals surface area (Å²) in [6.07, 6.45) is 26.2. The number of rotatable bonds is 32. The zero-order valence-corrected chi connectivity index (χ0v) is 34.8. The topological polar surface area (TPSA) is 124 Å². The van der Waals surface area contributed by atoms with Gasteiger partial charge in [-0.25, -0.2) is 14.4 Å². The molecule has 0 atom stereocenters. The van der Waals surface area contributed by atoms with Gasteiger partial charge in [0.25, 0.3) is 0 Å². The summed E-state index contributed by atoms with van der Waals surface area (Å²) in [5.41, 5.74) is 0.363. The van der Waals surface area contributed by atoms with E-state index in [2.05, 4.69) is 13.2 Å². The van der Waals surface area contributed by atoms with E-state index in [0.29, 0.717) is 36.9 Å². The Hall–Kier alpha value is -4.44. The van der Waals surface area contributed by atoms with Crippen molar-refractivity contribution in [3.63, 3.8) is 0 Å². The Kier molecular flexibility index (Phi) is 25.3. The molecule has 0 amide bonds. The predicted octanol–water partition coefficient (Wildman–Crippen LogP) is 11.2. The van der Waals surface area contributed by atoms with E-state index >= 15 is 0 Å². The lowest BCUT2D eigenvalue weighted by Crippen LogP contribution is -2.29. The Morgan fingerprint density at radius 3 is 1.36 bits per heavy atom. The van der Waals surface area contributed by atoms with Crippen molar-refractivity contribution in [1.29, 1.82) is 0 Å². The first-order valence-electron chi connectivity index (χ1n) is 21.8. The highest BCUT2D eigenvalue weighted by molar-refractivity contribution is 5.91. The van der Waals surface area contributed by atoms with E-state index in [-0.39, 0.29) is 29.9 Å². The van der Waals surface area contributed by atoms with Gasteiger partial charge in [-0.3, -0.25) is 4.79 Å². The number of hydrogen-bond acceptors (Lipinski definition) is 10. The van der Waals surface area contributed by atoms with Crippen molar-refractivity contribution < 1.29 is 47.6 Å². The molecule has 1 fully saturated rings. The molecule has 3 rings (SSSR count). The smallest absolute Gasteiger partial charge is 0.343 e. The maximum atomic E-state index is 12.9. The minimum absolute atomic E-state index is 0.153. The van der Waals surface area contributed by atoms with Gasteiger partial charge in [-0.1, -0.05) is 103 Å². The summed E-state index contributed by atoms with van der Waals surface area (Å²) in [4.78, 5) is 47.7. The lowest BCUT2D eigenvalue weighted by Gasteiger charge is -2.27. The standard InChI is InChI=1S/C48H68O10/c1-3-45(49)55-37-21-17-13-9-5-7-11-15-19-35-53-41-27-23-39(24-28-41)47(51)57-43-29-25-40(26-30-43)48(52)58-44-33-31-42(32-34-44)54-36-20-16-12-8-6-10-14-18-22-38-56-46(50)4-2/h3-4,25-26,29-34,39,41H,1-2,5-24,27-28,35-38H2. The maximum absolute atomic E-state index is 12.9. The molecule has 10 heteroatoms. The molecule has 58 heavy (non-hydrogen) atoms. The van der Waals surface area contributed by atoms with Crippen LogP contribution in [-0.2, 0) is 28.6 Å². The van der Waals surface area contributed by atoms with Crippen LogP contribution in [0.2, 0.25) is 0 Å². The van der Waals surface area contributed by atoms with Crippen LogP contribution in [0.25, 0.3) is 0 Å². The molecule has 2 aromatic rings. The normalized spacial score (nSPS) is 14.9. The fourth-order valence-electron chi connectivity index (χ4n) is 6.88. The van der Waals surface area contributed by atoms with E-state index in [1.165, 1.54) is 76.4 Å². The van der Waals surface area contributed by atoms with E-state index < -0.39 is 5.97 Å². The largest absolute Gasteiger partial charge is 0.494 e. The summed E-state index contributed by atoms with van der Waals surface area (Å²) >= 11 is 0. The zero-order valence-electron chi connectivity index (χ0n) is 34.8. The first kappa shape index (κ1) is 47.9. The van der Waals surface area contributed by atoms with E-state index in [4.69, 9.17) is 28.4 Å². The molecule has 0 N–H and O–H groups in total. The molecule has 0 unspecified atom stereocenters. The third kappa shape index (κ3) is 21.9. The molecule has 0 saturated heterocycles. The Labute approximate surface area is 347 Å². The van der Waals surface area contributed by atoms with E-state index in [9.17, 15) is 19.2 Å². The van der Waals surface area contributed by atoms with Crippen LogP contribution in [0.3, 0.4) is 0 Å². The summed E-state index contributed by atoms with van der Waals surface area (Å²) in [6, 6.07) is 13.5. The van der Waals surface area contributed by atoms with E-state index in [1.807, 2.05) is 0 Å². The van der Waals surface area contributed by atoms with Crippen LogP contribution < -0.4 is 14.2 Å². The molecule has 2 aromatic carbocycles. The zero-order chi connectivity index (χ0) is 41.5. The highest BCUT2D eigenvalue weighted by atomic mass is 16.5. The van der Waals surface area contributed by atoms with Crippen LogP contribution in [0, 0.1) is 5.92 Å². The van der Waals surface area contributed by atoms with Crippen LogP contribution in [-0.4, -0.2) is 56.4 Å². The van der Waals surface area contributed by atoms with Crippen molar-refractivity contribution in [2.75, 3.05) is 26.4 Å². The first-order chi connectivity index (χ1) is 28.4. The summed E-state index contributed by atoms with van der Waals surface area (Å²) in [6.45, 7) is 9.15. The van der Waals surface area contributed by atoms with Gasteiger partial charge in [0.15, 0.2) is 0 Å². The number of hydrogen-bond donors (Lipinski definition) is 0. The molecule has 0 aromatic heterocycles. The lowest BCUT2D eigenvalue weighted by atomic mass is 9.87. The highest BCUT2D eigenvalue weighted by Crippen LogP contribution is 2.28. The minimum Gasteiger partial charge on any atom is -0.494 e. The number of carbonyl (C=O) groups is 4. The van der Waals surface area contributed by atoms with Gasteiger partial charge in [-0.15, -0.1) is 0 Å². The number of benzene rings is 2. The quantitative estimate of drug-likeness (QED) is 0.0305. The molecule has 1 aliphatic carbocycles. The molecule has 0 bridgehead atoms. The molecule has 0 spiro atoms. The maximum Gasteiger partial charge on any atom is 0.343 e. The molecule has 320 valence electrons. The minimum atomic E-state index is -0.493. The molecular formula is C48H68O10. The lowest BCUT2D eigenvalue weighted by molar-refractivity contribution is -0.141. The van der Waals surface area contributed by atoms with Gasteiger partial charge in [-0.2, -0.15) is 0 Å². The molecule has 1 saturated carbocycles. The van der Waals surface area contributed by atoms with Gasteiger partial charge in [0.05, 0.1) is 37.4 Å². The van der Waals surface area contributed by atoms with Gasteiger partial charge in [0.2, 0.25) is 0 Å². The molecule has 10 nitrogen and oxygen atoms in total. The van der Waals surface area contributed by atoms with Crippen LogP contribution >= 0.6 is 0 Å². The molecule has 1 aliphatic rings. The number of unbranched alkanes of at least 4 members (excludes halogenated alkanes) is 16. The van der Waals surface area contributed by atoms with Gasteiger partial charge >= 0.3 is 23.9 Å². The van der Waals surface area contributed by atoms with Gasteiger partial charge in [0.1, 0.15) is 17.2 Å². The Morgan fingerprint density at radius 2 is 0.879 bits per heavy atom. The Morgan fingerprint density at radius 1 is 0.483 bits per heavy atom. The average Bonchev–Trinajstić information content (AvgIpc) is 3.24. The van der Waals surface area contributed by atoms with Crippen LogP contribution in [0.5, 0.6) is 17.2 Å². The Balaban J connectivity index is 1.17. The number of esters is 4. The van der Waals surface area contributed by atoms with Crippen molar-refractivity contribution in [1.82, 2.24) is 0 Å². The number of ether oxygens (including phenoxy) is 6. The summed E-state index contributed by atoms with van der Waals surface area (Å²) in [7, 11) is 0. The van der Waals surface area contributed by atoms with Crippen molar-refractivity contribution in [3.05, 3.63) is 79.4 Å². The Bertz CT molecular complexity index is 1460. The van der Waals surface area contributed by atoms with Crippen LogP contribution in [0.4, 0.5) is 0 Å². The van der Waals surface area contributed by atoms with Crippen molar-refractivity contribution in [2.24, 2.45) is 5.92 Å². The summed E-state index contributed by atoms with van der Waals surface area (Å²) < 4.78 is 33.2. The molecule has 0 aliphatic heterocycles. The third-order valence-electron chi connectivity index (χ3n) is 10.4. The van der Waals surface area contributed by atoms with Crippen molar-refractivity contribution in [2.45, 2.75) is 147 Å². The monoisotopic (exact) mass is 804 g/mol.